The highest BCUT2D eigenvalue weighted by atomic mass is 16.3. The molecule has 0 heterocycles. The van der Waals surface area contributed by atoms with Crippen molar-refractivity contribution in [3.05, 3.63) is 36.9 Å². The minimum absolute atomic E-state index is 0.295. The summed E-state index contributed by atoms with van der Waals surface area (Å²) in [5.41, 5.74) is 0.995. The van der Waals surface area contributed by atoms with E-state index in [0.29, 0.717) is 5.75 Å². The highest BCUT2D eigenvalue weighted by Crippen LogP contribution is 2.18. The van der Waals surface area contributed by atoms with Crippen molar-refractivity contribution >= 4 is 5.69 Å². The van der Waals surface area contributed by atoms with E-state index in [1.165, 1.54) is 0 Å². The molecule has 0 bridgehead atoms. The number of hydrogen-bond donors (Lipinski definition) is 1. The quantitative estimate of drug-likeness (QED) is 0.689. The van der Waals surface area contributed by atoms with Crippen LogP contribution in [0.4, 0.5) is 5.69 Å². The average molecular weight is 163 g/mol. The average Bonchev–Trinajstić information content (AvgIpc) is 2.05. The molecule has 0 aliphatic heterocycles. The maximum atomic E-state index is 9.18. The lowest BCUT2D eigenvalue weighted by Crippen LogP contribution is -2.16. The van der Waals surface area contributed by atoms with Gasteiger partial charge in [0.05, 0.1) is 0 Å². The second-order valence-corrected chi connectivity index (χ2v) is 2.69. The summed E-state index contributed by atoms with van der Waals surface area (Å²) >= 11 is 0. The van der Waals surface area contributed by atoms with Crippen LogP contribution in [0.3, 0.4) is 0 Å². The summed E-state index contributed by atoms with van der Waals surface area (Å²) in [5, 5.41) is 9.18. The normalized spacial score (nSPS) is 9.42. The van der Waals surface area contributed by atoms with Gasteiger partial charge in [0.25, 0.3) is 0 Å². The van der Waals surface area contributed by atoms with Gasteiger partial charge in [0.1, 0.15) is 5.75 Å². The molecule has 1 aromatic carbocycles. The van der Waals surface area contributed by atoms with Gasteiger partial charge in [0, 0.05) is 25.3 Å². The van der Waals surface area contributed by atoms with Crippen molar-refractivity contribution in [2.24, 2.45) is 0 Å². The number of nitrogens with zero attached hydrogens (tertiary/aromatic N) is 1. The van der Waals surface area contributed by atoms with Crippen molar-refractivity contribution < 1.29 is 5.11 Å². The number of aromatic hydroxyl groups is 1. The van der Waals surface area contributed by atoms with Gasteiger partial charge < -0.3 is 10.0 Å². The highest BCUT2D eigenvalue weighted by Gasteiger charge is 1.97. The number of hydrogen-bond acceptors (Lipinski definition) is 2. The fourth-order valence-electron chi connectivity index (χ4n) is 1.03. The fourth-order valence-corrected chi connectivity index (χ4v) is 1.03. The van der Waals surface area contributed by atoms with E-state index in [4.69, 9.17) is 0 Å². The van der Waals surface area contributed by atoms with Gasteiger partial charge in [-0.25, -0.2) is 0 Å². The van der Waals surface area contributed by atoms with E-state index in [9.17, 15) is 5.11 Å². The summed E-state index contributed by atoms with van der Waals surface area (Å²) in [6, 6.07) is 7.15. The van der Waals surface area contributed by atoms with Crippen LogP contribution < -0.4 is 4.90 Å². The Balaban J connectivity index is 2.80. The molecule has 0 fully saturated rings. The number of phenols is 1. The molecule has 0 saturated heterocycles. The van der Waals surface area contributed by atoms with Gasteiger partial charge in [-0.1, -0.05) is 12.1 Å². The van der Waals surface area contributed by atoms with Gasteiger partial charge in [-0.15, -0.1) is 6.58 Å². The van der Waals surface area contributed by atoms with E-state index < -0.39 is 0 Å². The minimum Gasteiger partial charge on any atom is -0.508 e. The van der Waals surface area contributed by atoms with Crippen molar-refractivity contribution in [3.63, 3.8) is 0 Å². The maximum Gasteiger partial charge on any atom is 0.117 e. The molecule has 2 heteroatoms. The molecular weight excluding hydrogens is 150 g/mol. The molecule has 0 aliphatic carbocycles. The third kappa shape index (κ3) is 2.02. The highest BCUT2D eigenvalue weighted by molar-refractivity contribution is 5.49. The number of likely N-dealkylation sites (N-methyl/N-ethyl adjacent to an activating group) is 1. The summed E-state index contributed by atoms with van der Waals surface area (Å²) in [6.45, 7) is 4.43. The van der Waals surface area contributed by atoms with Crippen molar-refractivity contribution in [3.8, 4) is 5.75 Å². The molecule has 0 unspecified atom stereocenters. The van der Waals surface area contributed by atoms with E-state index in [0.717, 1.165) is 12.2 Å². The lowest BCUT2D eigenvalue weighted by atomic mass is 10.3. The van der Waals surface area contributed by atoms with Crippen LogP contribution in [-0.2, 0) is 0 Å². The summed E-state index contributed by atoms with van der Waals surface area (Å²) < 4.78 is 0. The SMILES string of the molecule is C=CCN(C)c1cccc(O)c1. The molecule has 0 radical (unpaired) electrons. The van der Waals surface area contributed by atoms with Crippen LogP contribution in [0.15, 0.2) is 36.9 Å². The van der Waals surface area contributed by atoms with Gasteiger partial charge in [-0.3, -0.25) is 0 Å². The molecule has 0 saturated carbocycles. The van der Waals surface area contributed by atoms with E-state index >= 15 is 0 Å². The van der Waals surface area contributed by atoms with E-state index in [2.05, 4.69) is 6.58 Å². The zero-order valence-corrected chi connectivity index (χ0v) is 7.20. The first-order valence-electron chi connectivity index (χ1n) is 3.85. The second-order valence-electron chi connectivity index (χ2n) is 2.69. The Kier molecular flexibility index (Phi) is 2.75. The smallest absolute Gasteiger partial charge is 0.117 e. The first kappa shape index (κ1) is 8.65. The van der Waals surface area contributed by atoms with Gasteiger partial charge in [-0.2, -0.15) is 0 Å². The molecule has 0 aromatic heterocycles. The molecule has 1 rings (SSSR count). The molecule has 64 valence electrons. The Bertz CT molecular complexity index is 270. The van der Waals surface area contributed by atoms with E-state index in [1.807, 2.05) is 30.2 Å². The van der Waals surface area contributed by atoms with Gasteiger partial charge >= 0.3 is 0 Å². The molecule has 2 nitrogen and oxygen atoms in total. The van der Waals surface area contributed by atoms with Crippen LogP contribution in [0.25, 0.3) is 0 Å². The Morgan fingerprint density at radius 1 is 1.58 bits per heavy atom. The summed E-state index contributed by atoms with van der Waals surface area (Å²) in [4.78, 5) is 2.01. The summed E-state index contributed by atoms with van der Waals surface area (Å²) in [7, 11) is 1.95. The van der Waals surface area contributed by atoms with Crippen LogP contribution in [0.2, 0.25) is 0 Å². The van der Waals surface area contributed by atoms with Crippen LogP contribution >= 0.6 is 0 Å². The van der Waals surface area contributed by atoms with Gasteiger partial charge in [-0.05, 0) is 12.1 Å². The first-order chi connectivity index (χ1) is 5.74. The third-order valence-corrected chi connectivity index (χ3v) is 1.67. The van der Waals surface area contributed by atoms with E-state index in [-0.39, 0.29) is 0 Å². The van der Waals surface area contributed by atoms with Crippen molar-refractivity contribution in [1.82, 2.24) is 0 Å². The van der Waals surface area contributed by atoms with Gasteiger partial charge in [0.2, 0.25) is 0 Å². The lowest BCUT2D eigenvalue weighted by molar-refractivity contribution is 0.475. The zero-order valence-electron chi connectivity index (χ0n) is 7.20. The number of rotatable bonds is 3. The van der Waals surface area contributed by atoms with Gasteiger partial charge in [0.15, 0.2) is 0 Å². The van der Waals surface area contributed by atoms with Crippen LogP contribution in [-0.4, -0.2) is 18.7 Å². The number of benzene rings is 1. The van der Waals surface area contributed by atoms with Crippen molar-refractivity contribution in [1.29, 1.82) is 0 Å². The van der Waals surface area contributed by atoms with Crippen molar-refractivity contribution in [2.75, 3.05) is 18.5 Å². The molecule has 0 aliphatic rings. The molecule has 1 N–H and O–H groups in total. The monoisotopic (exact) mass is 163 g/mol. The molecule has 0 atom stereocenters. The largest absolute Gasteiger partial charge is 0.508 e. The number of anilines is 1. The zero-order chi connectivity index (χ0) is 8.97. The Morgan fingerprint density at radius 2 is 2.33 bits per heavy atom. The third-order valence-electron chi connectivity index (χ3n) is 1.67. The summed E-state index contributed by atoms with van der Waals surface area (Å²) in [5.74, 6) is 0.295. The molecule has 12 heavy (non-hydrogen) atoms. The Morgan fingerprint density at radius 3 is 2.92 bits per heavy atom. The Labute approximate surface area is 72.8 Å². The first-order valence-corrected chi connectivity index (χ1v) is 3.85. The molecule has 0 spiro atoms. The molecular formula is C10H13NO. The standard InChI is InChI=1S/C10H13NO/c1-3-7-11(2)9-5-4-6-10(12)8-9/h3-6,8,12H,1,7H2,2H3. The molecule has 1 aromatic rings. The predicted octanol–water partition coefficient (Wildman–Crippen LogP) is 2.01. The fraction of sp³-hybridized carbons (Fsp3) is 0.200. The van der Waals surface area contributed by atoms with Crippen LogP contribution in [0.1, 0.15) is 0 Å². The number of phenolic OH excluding ortho intramolecular Hbond substituents is 1. The topological polar surface area (TPSA) is 23.5 Å². The minimum atomic E-state index is 0.295. The van der Waals surface area contributed by atoms with Crippen molar-refractivity contribution in [2.45, 2.75) is 0 Å². The summed E-state index contributed by atoms with van der Waals surface area (Å²) in [6.07, 6.45) is 1.82. The molecule has 0 amide bonds. The maximum absolute atomic E-state index is 9.18. The second kappa shape index (κ2) is 3.81. The Hall–Kier alpha value is -1.44. The van der Waals surface area contributed by atoms with Crippen LogP contribution in [0, 0.1) is 0 Å². The predicted molar refractivity (Wildman–Crippen MR) is 51.6 cm³/mol. The van der Waals surface area contributed by atoms with Crippen LogP contribution in [0.5, 0.6) is 5.75 Å². The lowest BCUT2D eigenvalue weighted by Gasteiger charge is -2.16. The van der Waals surface area contributed by atoms with E-state index in [1.54, 1.807) is 12.1 Å².